The standard InChI is InChI=1S/C9H9ClN2/c1-6-7-4-2-3-5-8(7)9(10)12-11-6/h2-5,9,12H,1H3. The van der Waals surface area contributed by atoms with Gasteiger partial charge >= 0.3 is 0 Å². The first-order valence-electron chi connectivity index (χ1n) is 3.82. The molecule has 0 aromatic heterocycles. The highest BCUT2D eigenvalue weighted by Crippen LogP contribution is 2.25. The lowest BCUT2D eigenvalue weighted by Gasteiger charge is -2.19. The van der Waals surface area contributed by atoms with Gasteiger partial charge in [-0.05, 0) is 12.5 Å². The molecule has 1 aromatic carbocycles. The molecule has 1 aliphatic heterocycles. The van der Waals surface area contributed by atoms with Gasteiger partial charge in [0.2, 0.25) is 0 Å². The summed E-state index contributed by atoms with van der Waals surface area (Å²) in [5.41, 5.74) is 5.88. The Balaban J connectivity index is 2.58. The quantitative estimate of drug-likeness (QED) is 0.481. The third-order valence-corrected chi connectivity index (χ3v) is 2.30. The first-order valence-corrected chi connectivity index (χ1v) is 4.26. The summed E-state index contributed by atoms with van der Waals surface area (Å²) in [5.74, 6) is 0. The summed E-state index contributed by atoms with van der Waals surface area (Å²) in [7, 11) is 0. The summed E-state index contributed by atoms with van der Waals surface area (Å²) in [4.78, 5) is 0. The Labute approximate surface area is 76.2 Å². The maximum Gasteiger partial charge on any atom is 0.143 e. The van der Waals surface area contributed by atoms with E-state index in [4.69, 9.17) is 11.6 Å². The SMILES string of the molecule is CC1=NNC(Cl)c2ccccc21. The van der Waals surface area contributed by atoms with Crippen molar-refractivity contribution in [1.82, 2.24) is 5.43 Å². The van der Waals surface area contributed by atoms with Crippen LogP contribution in [-0.4, -0.2) is 5.71 Å². The molecule has 0 saturated carbocycles. The molecule has 1 aliphatic rings. The summed E-state index contributed by atoms with van der Waals surface area (Å²) in [6.07, 6.45) is 0. The van der Waals surface area contributed by atoms with Gasteiger partial charge in [0, 0.05) is 5.56 Å². The van der Waals surface area contributed by atoms with E-state index in [2.05, 4.69) is 10.5 Å². The van der Waals surface area contributed by atoms with Crippen LogP contribution in [0.15, 0.2) is 29.4 Å². The maximum absolute atomic E-state index is 5.99. The number of alkyl halides is 1. The van der Waals surface area contributed by atoms with E-state index in [9.17, 15) is 0 Å². The molecule has 1 unspecified atom stereocenters. The second-order valence-corrected chi connectivity index (χ2v) is 3.21. The average Bonchev–Trinajstić information content (AvgIpc) is 2.12. The molecule has 1 N–H and O–H groups in total. The lowest BCUT2D eigenvalue weighted by atomic mass is 10.0. The van der Waals surface area contributed by atoms with E-state index in [0.717, 1.165) is 16.8 Å². The Hall–Kier alpha value is -1.02. The monoisotopic (exact) mass is 180 g/mol. The molecule has 0 radical (unpaired) electrons. The van der Waals surface area contributed by atoms with Crippen LogP contribution in [0.1, 0.15) is 23.6 Å². The van der Waals surface area contributed by atoms with Crippen LogP contribution in [0.3, 0.4) is 0 Å². The number of hydrazone groups is 1. The Morgan fingerprint density at radius 3 is 2.92 bits per heavy atom. The molecular weight excluding hydrogens is 172 g/mol. The zero-order chi connectivity index (χ0) is 8.55. The van der Waals surface area contributed by atoms with Crippen LogP contribution in [0.2, 0.25) is 0 Å². The number of halogens is 1. The molecule has 1 atom stereocenters. The topological polar surface area (TPSA) is 24.4 Å². The Bertz CT molecular complexity index is 333. The van der Waals surface area contributed by atoms with Crippen molar-refractivity contribution in [1.29, 1.82) is 0 Å². The van der Waals surface area contributed by atoms with Crippen molar-refractivity contribution in [3.05, 3.63) is 35.4 Å². The summed E-state index contributed by atoms with van der Waals surface area (Å²) >= 11 is 5.99. The summed E-state index contributed by atoms with van der Waals surface area (Å²) in [6.45, 7) is 1.97. The first-order chi connectivity index (χ1) is 5.79. The van der Waals surface area contributed by atoms with E-state index >= 15 is 0 Å². The van der Waals surface area contributed by atoms with Crippen molar-refractivity contribution in [2.24, 2.45) is 5.10 Å². The number of benzene rings is 1. The average molecular weight is 181 g/mol. The minimum Gasteiger partial charge on any atom is -0.287 e. The summed E-state index contributed by atoms with van der Waals surface area (Å²) in [6, 6.07) is 8.02. The smallest absolute Gasteiger partial charge is 0.143 e. The van der Waals surface area contributed by atoms with Crippen LogP contribution < -0.4 is 5.43 Å². The highest BCUT2D eigenvalue weighted by molar-refractivity contribution is 6.22. The van der Waals surface area contributed by atoms with Gasteiger partial charge in [0.15, 0.2) is 0 Å². The number of rotatable bonds is 0. The highest BCUT2D eigenvalue weighted by Gasteiger charge is 2.16. The normalized spacial score (nSPS) is 20.8. The largest absolute Gasteiger partial charge is 0.287 e. The lowest BCUT2D eigenvalue weighted by Crippen LogP contribution is -2.20. The van der Waals surface area contributed by atoms with Crippen LogP contribution in [0.25, 0.3) is 0 Å². The number of nitrogens with zero attached hydrogens (tertiary/aromatic N) is 1. The Morgan fingerprint density at radius 2 is 2.17 bits per heavy atom. The Morgan fingerprint density at radius 1 is 1.42 bits per heavy atom. The third kappa shape index (κ3) is 1.08. The van der Waals surface area contributed by atoms with Gasteiger partial charge in [-0.25, -0.2) is 0 Å². The van der Waals surface area contributed by atoms with Crippen LogP contribution in [0, 0.1) is 0 Å². The van der Waals surface area contributed by atoms with Gasteiger partial charge in [0.05, 0.1) is 5.71 Å². The molecule has 3 heteroatoms. The molecule has 1 aromatic rings. The molecule has 0 aliphatic carbocycles. The minimum atomic E-state index is -0.190. The van der Waals surface area contributed by atoms with Gasteiger partial charge in [-0.15, -0.1) is 0 Å². The molecule has 0 bridgehead atoms. The number of nitrogens with one attached hydrogen (secondary N) is 1. The third-order valence-electron chi connectivity index (χ3n) is 1.97. The summed E-state index contributed by atoms with van der Waals surface area (Å²) in [5, 5.41) is 4.09. The molecule has 1 heterocycles. The first kappa shape index (κ1) is 7.62. The molecule has 0 saturated heterocycles. The Kier molecular flexibility index (Phi) is 1.77. The van der Waals surface area contributed by atoms with Crippen LogP contribution in [-0.2, 0) is 0 Å². The van der Waals surface area contributed by atoms with E-state index in [1.165, 1.54) is 0 Å². The maximum atomic E-state index is 5.99. The van der Waals surface area contributed by atoms with Gasteiger partial charge < -0.3 is 0 Å². The van der Waals surface area contributed by atoms with Crippen molar-refractivity contribution in [2.45, 2.75) is 12.4 Å². The van der Waals surface area contributed by atoms with Gasteiger partial charge in [-0.2, -0.15) is 5.10 Å². The van der Waals surface area contributed by atoms with E-state index in [1.807, 2.05) is 31.2 Å². The zero-order valence-electron chi connectivity index (χ0n) is 6.71. The van der Waals surface area contributed by atoms with Crippen LogP contribution in [0.5, 0.6) is 0 Å². The van der Waals surface area contributed by atoms with Crippen molar-refractivity contribution in [3.63, 3.8) is 0 Å². The van der Waals surface area contributed by atoms with Crippen LogP contribution in [0.4, 0.5) is 0 Å². The fourth-order valence-electron chi connectivity index (χ4n) is 1.33. The molecule has 2 rings (SSSR count). The molecule has 62 valence electrons. The second kappa shape index (κ2) is 2.79. The van der Waals surface area contributed by atoms with Gasteiger partial charge in [-0.1, -0.05) is 35.9 Å². The van der Waals surface area contributed by atoms with Crippen molar-refractivity contribution in [2.75, 3.05) is 0 Å². The van der Waals surface area contributed by atoms with Gasteiger partial charge in [-0.3, -0.25) is 5.43 Å². The predicted molar refractivity (Wildman–Crippen MR) is 50.4 cm³/mol. The lowest BCUT2D eigenvalue weighted by molar-refractivity contribution is 0.700. The zero-order valence-corrected chi connectivity index (χ0v) is 7.47. The van der Waals surface area contributed by atoms with E-state index in [-0.39, 0.29) is 5.50 Å². The molecule has 0 fully saturated rings. The van der Waals surface area contributed by atoms with E-state index < -0.39 is 0 Å². The van der Waals surface area contributed by atoms with E-state index in [1.54, 1.807) is 0 Å². The van der Waals surface area contributed by atoms with Gasteiger partial charge in [0.25, 0.3) is 0 Å². The van der Waals surface area contributed by atoms with Gasteiger partial charge in [0.1, 0.15) is 5.50 Å². The minimum absolute atomic E-state index is 0.190. The van der Waals surface area contributed by atoms with Crippen molar-refractivity contribution >= 4 is 17.3 Å². The predicted octanol–water partition coefficient (Wildman–Crippen LogP) is 2.25. The summed E-state index contributed by atoms with van der Waals surface area (Å²) < 4.78 is 0. The number of hydrogen-bond donors (Lipinski definition) is 1. The second-order valence-electron chi connectivity index (χ2n) is 2.78. The number of fused-ring (bicyclic) bond motifs is 1. The molecule has 12 heavy (non-hydrogen) atoms. The fourth-order valence-corrected chi connectivity index (χ4v) is 1.57. The number of hydrogen-bond acceptors (Lipinski definition) is 2. The molecular formula is C9H9ClN2. The fraction of sp³-hybridized carbons (Fsp3) is 0.222. The molecule has 0 amide bonds. The van der Waals surface area contributed by atoms with Crippen LogP contribution >= 0.6 is 11.6 Å². The molecule has 2 nitrogen and oxygen atoms in total. The van der Waals surface area contributed by atoms with Crippen molar-refractivity contribution in [3.8, 4) is 0 Å². The van der Waals surface area contributed by atoms with Crippen molar-refractivity contribution < 1.29 is 0 Å². The van der Waals surface area contributed by atoms with E-state index in [0.29, 0.717) is 0 Å². The molecule has 0 spiro atoms. The highest BCUT2D eigenvalue weighted by atomic mass is 35.5.